The molecule has 0 saturated carbocycles. The summed E-state index contributed by atoms with van der Waals surface area (Å²) in [6.45, 7) is 1.43. The maximum Gasteiger partial charge on any atom is 0.339 e. The summed E-state index contributed by atoms with van der Waals surface area (Å²) in [5.74, 6) is -1.58. The molecule has 0 radical (unpaired) electrons. The summed E-state index contributed by atoms with van der Waals surface area (Å²) in [6.07, 6.45) is 0. The van der Waals surface area contributed by atoms with Crippen molar-refractivity contribution in [2.45, 2.75) is 13.0 Å². The molecule has 3 heterocycles. The number of likely N-dealkylation sites (tertiary alicyclic amines) is 1. The van der Waals surface area contributed by atoms with Gasteiger partial charge >= 0.3 is 16.2 Å². The zero-order valence-corrected chi connectivity index (χ0v) is 18.4. The fourth-order valence-corrected chi connectivity index (χ4v) is 4.63. The number of nitrogens with one attached hydrogen (secondary N) is 3. The number of aryl methyl sites for hydroxylation is 1. The average molecular weight is 489 g/mol. The lowest BCUT2D eigenvalue weighted by Crippen LogP contribution is -2.68. The van der Waals surface area contributed by atoms with Gasteiger partial charge in [-0.25, -0.2) is 14.5 Å². The minimum absolute atomic E-state index is 0.152. The van der Waals surface area contributed by atoms with Crippen LogP contribution < -0.4 is 20.5 Å². The second-order valence-corrected chi connectivity index (χ2v) is 9.12. The van der Waals surface area contributed by atoms with Gasteiger partial charge in [0.1, 0.15) is 23.8 Å². The third-order valence-electron chi connectivity index (χ3n) is 3.73. The molecule has 1 aliphatic heterocycles. The first-order valence-corrected chi connectivity index (χ1v) is 11.5. The van der Waals surface area contributed by atoms with Gasteiger partial charge in [0.25, 0.3) is 11.8 Å². The molecule has 3 rings (SSSR count). The third kappa shape index (κ3) is 5.25. The minimum atomic E-state index is -4.28. The maximum atomic E-state index is 12.4. The van der Waals surface area contributed by atoms with Crippen LogP contribution in [0.2, 0.25) is 0 Å². The number of hydrogen-bond donors (Lipinski definition) is 4. The molecule has 166 valence electrons. The lowest BCUT2D eigenvalue weighted by atomic mass is 10.1. The summed E-state index contributed by atoms with van der Waals surface area (Å²) in [6, 6.07) is -0.748. The highest BCUT2D eigenvalue weighted by Crippen LogP contribution is 2.17. The number of amides is 4. The van der Waals surface area contributed by atoms with Gasteiger partial charge in [-0.1, -0.05) is 5.16 Å². The van der Waals surface area contributed by atoms with Gasteiger partial charge in [-0.3, -0.25) is 19.2 Å². The number of imide groups is 1. The number of nitrogens with zero attached hydrogens (tertiary/aromatic N) is 4. The molecule has 4 amide bonds. The molecule has 1 aliphatic rings. The van der Waals surface area contributed by atoms with Crippen molar-refractivity contribution in [3.63, 3.8) is 0 Å². The molecular formula is C14H16N8O6S3. The Morgan fingerprint density at radius 2 is 2.16 bits per heavy atom. The Labute approximate surface area is 183 Å². The number of carbonyl (C=O) groups is 3. The first-order valence-electron chi connectivity index (χ1n) is 8.32. The summed E-state index contributed by atoms with van der Waals surface area (Å²) in [7, 11) is -3.05. The maximum absolute atomic E-state index is 12.4. The molecule has 31 heavy (non-hydrogen) atoms. The van der Waals surface area contributed by atoms with Crippen LogP contribution in [0.25, 0.3) is 0 Å². The van der Waals surface area contributed by atoms with Gasteiger partial charge in [0, 0.05) is 5.38 Å². The quantitative estimate of drug-likeness (QED) is 0.220. The van der Waals surface area contributed by atoms with Crippen molar-refractivity contribution < 1.29 is 27.6 Å². The van der Waals surface area contributed by atoms with Crippen LogP contribution in [0, 0.1) is 6.92 Å². The van der Waals surface area contributed by atoms with E-state index in [9.17, 15) is 22.8 Å². The monoisotopic (exact) mass is 488 g/mol. The highest BCUT2D eigenvalue weighted by Gasteiger charge is 2.43. The molecule has 5 N–H and O–H groups in total. The van der Waals surface area contributed by atoms with Gasteiger partial charge in [0.15, 0.2) is 10.8 Å². The van der Waals surface area contributed by atoms with Crippen LogP contribution in [-0.2, 0) is 24.6 Å². The van der Waals surface area contributed by atoms with Gasteiger partial charge < -0.3 is 15.9 Å². The van der Waals surface area contributed by atoms with E-state index in [-0.39, 0.29) is 28.1 Å². The molecule has 14 nitrogen and oxygen atoms in total. The summed E-state index contributed by atoms with van der Waals surface area (Å²) in [5, 5.41) is 7.86. The number of nitrogen functional groups attached to an aromatic ring is 1. The zero-order chi connectivity index (χ0) is 22.8. The molecule has 0 aromatic carbocycles. The van der Waals surface area contributed by atoms with E-state index in [1.165, 1.54) is 18.6 Å². The van der Waals surface area contributed by atoms with Crippen molar-refractivity contribution in [2.24, 2.45) is 5.16 Å². The van der Waals surface area contributed by atoms with Gasteiger partial charge in [0.2, 0.25) is 0 Å². The number of anilines is 2. The van der Waals surface area contributed by atoms with Crippen molar-refractivity contribution >= 4 is 66.8 Å². The highest BCUT2D eigenvalue weighted by molar-refractivity contribution is 7.91. The van der Waals surface area contributed by atoms with E-state index >= 15 is 0 Å². The SMILES string of the molecule is CO/N=C(\C(=O)N[C@H]1CN(C(=O)NS(=O)(=O)Nc2cc(C)ns2)C1=O)c1csc(N)n1. The van der Waals surface area contributed by atoms with Crippen LogP contribution in [0.4, 0.5) is 14.9 Å². The average Bonchev–Trinajstić information content (AvgIpc) is 3.29. The second kappa shape index (κ2) is 8.82. The lowest BCUT2D eigenvalue weighted by molar-refractivity contribution is -0.141. The Kier molecular flexibility index (Phi) is 6.37. The van der Waals surface area contributed by atoms with Crippen molar-refractivity contribution in [2.75, 3.05) is 24.1 Å². The van der Waals surface area contributed by atoms with Crippen molar-refractivity contribution in [3.05, 3.63) is 22.8 Å². The lowest BCUT2D eigenvalue weighted by Gasteiger charge is -2.36. The Hall–Kier alpha value is -3.31. The Balaban J connectivity index is 1.57. The van der Waals surface area contributed by atoms with E-state index in [1.807, 2.05) is 0 Å². The smallest absolute Gasteiger partial charge is 0.339 e. The summed E-state index contributed by atoms with van der Waals surface area (Å²) < 4.78 is 31.8. The number of aromatic nitrogens is 2. The normalized spacial score (nSPS) is 16.5. The molecule has 17 heteroatoms. The molecular weight excluding hydrogens is 472 g/mol. The molecule has 1 atom stereocenters. The molecule has 0 spiro atoms. The summed E-state index contributed by atoms with van der Waals surface area (Å²) in [5.41, 5.74) is 6.08. The fraction of sp³-hybridized carbons (Fsp3) is 0.286. The molecule has 0 unspecified atom stereocenters. The van der Waals surface area contributed by atoms with E-state index in [2.05, 4.69) is 29.4 Å². The van der Waals surface area contributed by atoms with Crippen molar-refractivity contribution in [1.82, 2.24) is 24.3 Å². The van der Waals surface area contributed by atoms with Crippen LogP contribution in [0.3, 0.4) is 0 Å². The number of urea groups is 1. The van der Waals surface area contributed by atoms with Gasteiger partial charge in [-0.15, -0.1) is 11.3 Å². The predicted molar refractivity (Wildman–Crippen MR) is 112 cm³/mol. The van der Waals surface area contributed by atoms with Crippen LogP contribution in [0.1, 0.15) is 11.4 Å². The van der Waals surface area contributed by atoms with E-state index in [4.69, 9.17) is 5.73 Å². The molecule has 1 fully saturated rings. The first-order chi connectivity index (χ1) is 14.6. The number of rotatable bonds is 7. The molecule has 2 aromatic heterocycles. The Bertz CT molecular complexity index is 1160. The highest BCUT2D eigenvalue weighted by atomic mass is 32.2. The molecule has 0 aliphatic carbocycles. The topological polar surface area (TPSA) is 198 Å². The number of carbonyl (C=O) groups excluding carboxylic acids is 3. The van der Waals surface area contributed by atoms with E-state index in [0.29, 0.717) is 10.6 Å². The van der Waals surface area contributed by atoms with Crippen LogP contribution in [-0.4, -0.2) is 65.9 Å². The molecule has 2 aromatic rings. The summed E-state index contributed by atoms with van der Waals surface area (Å²) >= 11 is 1.98. The molecule has 1 saturated heterocycles. The van der Waals surface area contributed by atoms with E-state index in [0.717, 1.165) is 22.9 Å². The van der Waals surface area contributed by atoms with Crippen LogP contribution in [0.5, 0.6) is 0 Å². The zero-order valence-electron chi connectivity index (χ0n) is 16.0. The van der Waals surface area contributed by atoms with E-state index in [1.54, 1.807) is 11.6 Å². The van der Waals surface area contributed by atoms with Gasteiger partial charge in [0.05, 0.1) is 12.2 Å². The largest absolute Gasteiger partial charge is 0.398 e. The number of β-lactam (4-membered cyclic amide) rings is 1. The predicted octanol–water partition coefficient (Wildman–Crippen LogP) is -0.766. The van der Waals surface area contributed by atoms with Gasteiger partial charge in [-0.2, -0.15) is 12.8 Å². The summed E-state index contributed by atoms with van der Waals surface area (Å²) in [4.78, 5) is 46.0. The standard InChI is InChI=1S/C14H16N8O6S3/c1-6-3-9(30-19-6)20-31(26,27)21-14(25)22-4-7(12(22)24)16-11(23)10(18-28-2)8-5-29-13(15)17-8/h3,5,7,20H,4H2,1-2H3,(H2,15,17)(H,16,23)(H,21,25)/b18-10-/t7-/m0/s1. The Morgan fingerprint density at radius 3 is 2.71 bits per heavy atom. The van der Waals surface area contributed by atoms with Crippen molar-refractivity contribution in [3.8, 4) is 0 Å². The Morgan fingerprint density at radius 1 is 1.42 bits per heavy atom. The number of oxime groups is 1. The van der Waals surface area contributed by atoms with Gasteiger partial charge in [-0.05, 0) is 24.5 Å². The number of hydrogen-bond acceptors (Lipinski definition) is 12. The first kappa shape index (κ1) is 22.4. The second-order valence-electron chi connectivity index (χ2n) is 6.01. The van der Waals surface area contributed by atoms with Crippen molar-refractivity contribution in [1.29, 1.82) is 0 Å². The number of nitrogens with two attached hydrogens (primary N) is 1. The molecule has 0 bridgehead atoms. The van der Waals surface area contributed by atoms with E-state index < -0.39 is 34.1 Å². The minimum Gasteiger partial charge on any atom is -0.398 e. The van der Waals surface area contributed by atoms with Crippen LogP contribution in [0.15, 0.2) is 16.6 Å². The number of thiazole rings is 1. The third-order valence-corrected chi connectivity index (χ3v) is 6.26. The fourth-order valence-electron chi connectivity index (χ4n) is 2.38. The van der Waals surface area contributed by atoms with Crippen LogP contribution >= 0.6 is 22.9 Å².